The molecule has 3 N–H and O–H groups in total. The summed E-state index contributed by atoms with van der Waals surface area (Å²) in [6.45, 7) is 0. The predicted molar refractivity (Wildman–Crippen MR) is 65.7 cm³/mol. The summed E-state index contributed by atoms with van der Waals surface area (Å²) in [5.74, 6) is 0.161. The Bertz CT molecular complexity index is 576. The van der Waals surface area contributed by atoms with Crippen LogP contribution in [0, 0.1) is 10.1 Å². The first kappa shape index (κ1) is 14.5. The van der Waals surface area contributed by atoms with Crippen molar-refractivity contribution in [2.24, 2.45) is 0 Å². The molecule has 2 aromatic rings. The topological polar surface area (TPSA) is 89.4 Å². The fourth-order valence-electron chi connectivity index (χ4n) is 1.57. The number of hydrogen-bond acceptors (Lipinski definition) is 4. The minimum Gasteiger partial charge on any atom is -1.00 e. The van der Waals surface area contributed by atoms with E-state index in [2.05, 4.69) is 0 Å². The number of nitrogen functional groups attached to an aromatic ring is 1. The molecule has 0 aliphatic carbocycles. The minimum absolute atomic E-state index is 0. The van der Waals surface area contributed by atoms with Gasteiger partial charge in [-0.15, -0.1) is 0 Å². The van der Waals surface area contributed by atoms with Gasteiger partial charge in [-0.1, -0.05) is 12.1 Å². The molecule has 0 aromatic heterocycles. The maximum atomic E-state index is 10.6. The van der Waals surface area contributed by atoms with Crippen molar-refractivity contribution in [3.63, 3.8) is 0 Å². The molecular weight excluding hydrogens is 243 g/mol. The van der Waals surface area contributed by atoms with Gasteiger partial charge in [0.05, 0.1) is 4.92 Å². The quantitative estimate of drug-likeness (QED) is 0.332. The zero-order valence-electron chi connectivity index (χ0n) is 10.8. The van der Waals surface area contributed by atoms with E-state index in [0.717, 1.165) is 5.56 Å². The van der Waals surface area contributed by atoms with Crippen molar-refractivity contribution < 1.29 is 41.0 Å². The Hall–Kier alpha value is -1.56. The summed E-state index contributed by atoms with van der Waals surface area (Å²) >= 11 is 0. The monoisotopic (exact) mass is 254 g/mol. The van der Waals surface area contributed by atoms with Gasteiger partial charge in [0.2, 0.25) is 0 Å². The van der Waals surface area contributed by atoms with Crippen molar-refractivity contribution in [2.75, 3.05) is 5.73 Å². The van der Waals surface area contributed by atoms with Crippen molar-refractivity contribution >= 4 is 11.4 Å². The molecule has 0 spiro atoms. The molecule has 2 rings (SSSR count). The van der Waals surface area contributed by atoms with Crippen LogP contribution in [0.5, 0.6) is 5.75 Å². The van der Waals surface area contributed by atoms with Crippen LogP contribution in [0.4, 0.5) is 11.4 Å². The molecule has 0 amide bonds. The van der Waals surface area contributed by atoms with Crippen LogP contribution in [-0.2, 0) is 0 Å². The van der Waals surface area contributed by atoms with E-state index in [1.54, 1.807) is 18.2 Å². The van der Waals surface area contributed by atoms with E-state index in [1.807, 2.05) is 0 Å². The zero-order valence-corrected chi connectivity index (χ0v) is 11.8. The van der Waals surface area contributed by atoms with E-state index in [-0.39, 0.29) is 42.4 Å². The molecule has 0 aliphatic heterocycles. The summed E-state index contributed by atoms with van der Waals surface area (Å²) in [4.78, 5) is 10.1. The molecule has 0 radical (unpaired) electrons. The third kappa shape index (κ3) is 3.01. The fraction of sp³-hybridized carbons (Fsp3) is 0. The standard InChI is InChI=1S/C12H10N2O3.Na.H/c13-12-7-9(14(16)17)3-6-11(12)8-1-4-10(15)5-2-8;;/h1-7,15H,13H2;;/q;+1;-1. The molecule has 0 saturated carbocycles. The molecule has 0 fully saturated rings. The molecule has 18 heavy (non-hydrogen) atoms. The van der Waals surface area contributed by atoms with Gasteiger partial charge in [-0.3, -0.25) is 10.1 Å². The van der Waals surface area contributed by atoms with Crippen LogP contribution in [-0.4, -0.2) is 10.0 Å². The maximum Gasteiger partial charge on any atom is 1.00 e. The molecule has 6 heteroatoms. The Kier molecular flexibility index (Phi) is 4.72. The summed E-state index contributed by atoms with van der Waals surface area (Å²) in [7, 11) is 0. The van der Waals surface area contributed by atoms with Gasteiger partial charge in [0, 0.05) is 23.4 Å². The number of aromatic hydroxyl groups is 1. The Balaban J connectivity index is 0.00000162. The minimum atomic E-state index is -0.489. The first-order valence-corrected chi connectivity index (χ1v) is 4.91. The first-order chi connectivity index (χ1) is 8.08. The van der Waals surface area contributed by atoms with Gasteiger partial charge in [0.25, 0.3) is 5.69 Å². The van der Waals surface area contributed by atoms with Crippen LogP contribution in [0.1, 0.15) is 1.43 Å². The van der Waals surface area contributed by atoms with E-state index < -0.39 is 4.92 Å². The predicted octanol–water partition coefficient (Wildman–Crippen LogP) is -0.334. The Morgan fingerprint density at radius 2 is 1.78 bits per heavy atom. The second-order valence-electron chi connectivity index (χ2n) is 3.58. The number of phenolic OH excluding ortho intramolecular Hbond substituents is 1. The van der Waals surface area contributed by atoms with Crippen LogP contribution in [0.2, 0.25) is 0 Å². The number of nitro benzene ring substituents is 1. The van der Waals surface area contributed by atoms with Gasteiger partial charge >= 0.3 is 29.6 Å². The Labute approximate surface area is 127 Å². The first-order valence-electron chi connectivity index (χ1n) is 4.91. The number of nitrogens with two attached hydrogens (primary N) is 1. The molecule has 2 aromatic carbocycles. The number of phenols is 1. The average molecular weight is 254 g/mol. The summed E-state index contributed by atoms with van der Waals surface area (Å²) in [6.07, 6.45) is 0. The number of rotatable bonds is 2. The van der Waals surface area contributed by atoms with E-state index >= 15 is 0 Å². The molecular formula is C12H11N2NaO3. The molecule has 0 heterocycles. The van der Waals surface area contributed by atoms with Crippen LogP contribution in [0.15, 0.2) is 42.5 Å². The third-order valence-corrected chi connectivity index (χ3v) is 2.42. The number of nitro groups is 1. The smallest absolute Gasteiger partial charge is 1.00 e. The zero-order chi connectivity index (χ0) is 12.4. The second kappa shape index (κ2) is 5.86. The van der Waals surface area contributed by atoms with E-state index in [1.165, 1.54) is 24.3 Å². The van der Waals surface area contributed by atoms with Gasteiger partial charge in [0.1, 0.15) is 5.75 Å². The normalized spacial score (nSPS) is 9.56. The SMILES string of the molecule is Nc1cc([N+](=O)[O-])ccc1-c1ccc(O)cc1.[H-].[Na+]. The summed E-state index contributed by atoms with van der Waals surface area (Å²) < 4.78 is 0. The van der Waals surface area contributed by atoms with Crippen LogP contribution >= 0.6 is 0 Å². The van der Waals surface area contributed by atoms with Crippen LogP contribution < -0.4 is 35.3 Å². The van der Waals surface area contributed by atoms with Crippen molar-refractivity contribution in [3.05, 3.63) is 52.6 Å². The molecule has 0 aliphatic rings. The molecule has 0 saturated heterocycles. The van der Waals surface area contributed by atoms with Gasteiger partial charge < -0.3 is 12.3 Å². The van der Waals surface area contributed by atoms with Crippen molar-refractivity contribution in [1.29, 1.82) is 0 Å². The second-order valence-corrected chi connectivity index (χ2v) is 3.58. The summed E-state index contributed by atoms with van der Waals surface area (Å²) in [5, 5.41) is 19.7. The van der Waals surface area contributed by atoms with E-state index in [4.69, 9.17) is 10.8 Å². The van der Waals surface area contributed by atoms with E-state index in [0.29, 0.717) is 11.3 Å². The fourth-order valence-corrected chi connectivity index (χ4v) is 1.57. The Morgan fingerprint density at radius 1 is 1.17 bits per heavy atom. The Morgan fingerprint density at radius 3 is 2.28 bits per heavy atom. The largest absolute Gasteiger partial charge is 1.00 e. The van der Waals surface area contributed by atoms with Gasteiger partial charge in [0.15, 0.2) is 0 Å². The maximum absolute atomic E-state index is 10.6. The molecule has 5 nitrogen and oxygen atoms in total. The third-order valence-electron chi connectivity index (χ3n) is 2.42. The van der Waals surface area contributed by atoms with Gasteiger partial charge in [-0.05, 0) is 23.8 Å². The van der Waals surface area contributed by atoms with Gasteiger partial charge in [-0.2, -0.15) is 0 Å². The molecule has 88 valence electrons. The molecule has 0 bridgehead atoms. The van der Waals surface area contributed by atoms with Crippen LogP contribution in [0.25, 0.3) is 11.1 Å². The van der Waals surface area contributed by atoms with Crippen molar-refractivity contribution in [2.45, 2.75) is 0 Å². The molecule has 0 atom stereocenters. The number of non-ortho nitro benzene ring substituents is 1. The van der Waals surface area contributed by atoms with Crippen molar-refractivity contribution in [1.82, 2.24) is 0 Å². The number of anilines is 1. The molecule has 0 unspecified atom stereocenters. The number of hydrogen-bond donors (Lipinski definition) is 2. The van der Waals surface area contributed by atoms with Crippen molar-refractivity contribution in [3.8, 4) is 16.9 Å². The summed E-state index contributed by atoms with van der Waals surface area (Å²) in [5.41, 5.74) is 7.57. The van der Waals surface area contributed by atoms with Crippen LogP contribution in [0.3, 0.4) is 0 Å². The average Bonchev–Trinajstić information content (AvgIpc) is 2.30. The van der Waals surface area contributed by atoms with E-state index in [9.17, 15) is 10.1 Å². The number of benzene rings is 2. The van der Waals surface area contributed by atoms with Gasteiger partial charge in [-0.25, -0.2) is 0 Å². The number of nitrogens with zero attached hydrogens (tertiary/aromatic N) is 1. The summed E-state index contributed by atoms with van der Waals surface area (Å²) in [6, 6.07) is 10.8.